The van der Waals surface area contributed by atoms with Crippen LogP contribution in [0.4, 0.5) is 0 Å². The van der Waals surface area contributed by atoms with Crippen LogP contribution >= 0.6 is 0 Å². The fraction of sp³-hybridized carbons (Fsp3) is 0.455. The minimum Gasteiger partial charge on any atom is -0.490 e. The van der Waals surface area contributed by atoms with Gasteiger partial charge in [-0.3, -0.25) is 0 Å². The van der Waals surface area contributed by atoms with Gasteiger partial charge < -0.3 is 14.6 Å². The molecule has 0 radical (unpaired) electrons. The number of rotatable bonds is 3. The predicted octanol–water partition coefficient (Wildman–Crippen LogP) is 1.34. The van der Waals surface area contributed by atoms with Crippen molar-refractivity contribution < 1.29 is 19.4 Å². The molecular weight excluding hydrogens is 210 g/mol. The Morgan fingerprint density at radius 1 is 1.50 bits per heavy atom. The lowest BCUT2D eigenvalue weighted by Gasteiger charge is -2.23. The zero-order chi connectivity index (χ0) is 11.4. The van der Waals surface area contributed by atoms with E-state index in [1.807, 2.05) is 0 Å². The maximum atomic E-state index is 10.7. The molecule has 16 heavy (non-hydrogen) atoms. The van der Waals surface area contributed by atoms with Gasteiger partial charge in [0.2, 0.25) is 0 Å². The topological polar surface area (TPSA) is 68.7 Å². The third kappa shape index (κ3) is 2.70. The van der Waals surface area contributed by atoms with Gasteiger partial charge in [0.05, 0.1) is 13.2 Å². The van der Waals surface area contributed by atoms with Crippen molar-refractivity contribution >= 4 is 5.97 Å². The van der Waals surface area contributed by atoms with E-state index in [4.69, 9.17) is 14.6 Å². The van der Waals surface area contributed by atoms with Crippen LogP contribution in [-0.2, 0) is 4.74 Å². The molecule has 1 aromatic rings. The van der Waals surface area contributed by atoms with Crippen LogP contribution in [0.25, 0.3) is 0 Å². The second kappa shape index (κ2) is 4.94. The van der Waals surface area contributed by atoms with Crippen molar-refractivity contribution in [2.45, 2.75) is 18.9 Å². The van der Waals surface area contributed by atoms with Gasteiger partial charge in [-0.1, -0.05) is 0 Å². The van der Waals surface area contributed by atoms with Crippen LogP contribution in [0.5, 0.6) is 5.75 Å². The highest BCUT2D eigenvalue weighted by atomic mass is 16.5. The number of ether oxygens (including phenoxy) is 2. The normalized spacial score (nSPS) is 17.0. The van der Waals surface area contributed by atoms with Gasteiger partial charge >= 0.3 is 5.97 Å². The summed E-state index contributed by atoms with van der Waals surface area (Å²) in [5.74, 6) is -0.489. The van der Waals surface area contributed by atoms with E-state index < -0.39 is 5.97 Å². The molecular formula is C11H13NO4. The summed E-state index contributed by atoms with van der Waals surface area (Å²) in [5, 5.41) is 8.78. The second-order valence-corrected chi connectivity index (χ2v) is 3.61. The van der Waals surface area contributed by atoms with E-state index in [1.54, 1.807) is 6.07 Å². The number of aromatic carboxylic acids is 1. The van der Waals surface area contributed by atoms with Crippen LogP contribution in [0.1, 0.15) is 23.3 Å². The molecule has 1 saturated heterocycles. The number of carboxylic acids is 1. The first-order chi connectivity index (χ1) is 7.75. The predicted molar refractivity (Wildman–Crippen MR) is 55.7 cm³/mol. The molecule has 0 spiro atoms. The molecule has 1 aliphatic rings. The summed E-state index contributed by atoms with van der Waals surface area (Å²) >= 11 is 0. The van der Waals surface area contributed by atoms with Crippen molar-refractivity contribution in [1.29, 1.82) is 0 Å². The van der Waals surface area contributed by atoms with Crippen molar-refractivity contribution in [3.63, 3.8) is 0 Å². The molecule has 0 bridgehead atoms. The van der Waals surface area contributed by atoms with E-state index in [2.05, 4.69) is 4.98 Å². The largest absolute Gasteiger partial charge is 0.490 e. The molecule has 0 atom stereocenters. The minimum absolute atomic E-state index is 0.00422. The molecule has 5 nitrogen and oxygen atoms in total. The lowest BCUT2D eigenvalue weighted by Crippen LogP contribution is -2.25. The molecule has 0 aromatic carbocycles. The molecule has 0 aliphatic carbocycles. The van der Waals surface area contributed by atoms with Crippen LogP contribution in [0.15, 0.2) is 18.3 Å². The van der Waals surface area contributed by atoms with E-state index in [9.17, 15) is 4.79 Å². The quantitative estimate of drug-likeness (QED) is 0.837. The molecule has 0 amide bonds. The molecule has 1 aliphatic heterocycles. The number of pyridine rings is 1. The molecule has 1 fully saturated rings. The lowest BCUT2D eigenvalue weighted by molar-refractivity contribution is 0.0254. The van der Waals surface area contributed by atoms with Gasteiger partial charge in [0, 0.05) is 25.1 Å². The number of carbonyl (C=O) groups is 1. The zero-order valence-electron chi connectivity index (χ0n) is 8.76. The van der Waals surface area contributed by atoms with E-state index in [0.717, 1.165) is 12.8 Å². The van der Waals surface area contributed by atoms with Crippen molar-refractivity contribution in [3.05, 3.63) is 24.0 Å². The summed E-state index contributed by atoms with van der Waals surface area (Å²) in [4.78, 5) is 14.4. The lowest BCUT2D eigenvalue weighted by atomic mass is 10.1. The van der Waals surface area contributed by atoms with E-state index >= 15 is 0 Å². The van der Waals surface area contributed by atoms with E-state index in [1.165, 1.54) is 12.3 Å². The zero-order valence-corrected chi connectivity index (χ0v) is 8.76. The van der Waals surface area contributed by atoms with E-state index in [-0.39, 0.29) is 11.8 Å². The monoisotopic (exact) mass is 223 g/mol. The Kier molecular flexibility index (Phi) is 3.36. The Balaban J connectivity index is 2.02. The van der Waals surface area contributed by atoms with Gasteiger partial charge in [-0.25, -0.2) is 9.78 Å². The number of hydrogen-bond acceptors (Lipinski definition) is 4. The van der Waals surface area contributed by atoms with Crippen LogP contribution in [0, 0.1) is 0 Å². The van der Waals surface area contributed by atoms with Crippen LogP contribution < -0.4 is 4.74 Å². The SMILES string of the molecule is O=C(O)c1cc(OC2CCOCC2)ccn1. The molecule has 2 heterocycles. The van der Waals surface area contributed by atoms with Gasteiger partial charge in [0.25, 0.3) is 0 Å². The molecule has 0 unspecified atom stereocenters. The standard InChI is InChI=1S/C11H13NO4/c13-11(14)10-7-9(1-4-12-10)16-8-2-5-15-6-3-8/h1,4,7-8H,2-3,5-6H2,(H,13,14). The van der Waals surface area contributed by atoms with Gasteiger partial charge in [0.1, 0.15) is 11.9 Å². The second-order valence-electron chi connectivity index (χ2n) is 3.61. The summed E-state index contributed by atoms with van der Waals surface area (Å²) in [6.45, 7) is 1.39. The van der Waals surface area contributed by atoms with Crippen molar-refractivity contribution in [1.82, 2.24) is 4.98 Å². The first kappa shape index (κ1) is 10.9. The summed E-state index contributed by atoms with van der Waals surface area (Å²) < 4.78 is 10.9. The van der Waals surface area contributed by atoms with Gasteiger partial charge in [-0.15, -0.1) is 0 Å². The molecule has 2 rings (SSSR count). The summed E-state index contributed by atoms with van der Waals surface area (Å²) in [7, 11) is 0. The van der Waals surface area contributed by atoms with Crippen LogP contribution in [0.2, 0.25) is 0 Å². The Labute approximate surface area is 93.0 Å². The summed E-state index contributed by atoms with van der Waals surface area (Å²) in [6.07, 6.45) is 3.23. The maximum absolute atomic E-state index is 10.7. The Morgan fingerprint density at radius 2 is 2.25 bits per heavy atom. The first-order valence-electron chi connectivity index (χ1n) is 5.19. The smallest absolute Gasteiger partial charge is 0.354 e. The number of nitrogens with zero attached hydrogens (tertiary/aromatic N) is 1. The third-order valence-corrected chi connectivity index (χ3v) is 2.42. The fourth-order valence-corrected chi connectivity index (χ4v) is 1.59. The molecule has 0 saturated carbocycles. The number of aromatic nitrogens is 1. The van der Waals surface area contributed by atoms with Crippen molar-refractivity contribution in [2.24, 2.45) is 0 Å². The highest BCUT2D eigenvalue weighted by Crippen LogP contribution is 2.18. The summed E-state index contributed by atoms with van der Waals surface area (Å²) in [6, 6.07) is 3.11. The maximum Gasteiger partial charge on any atom is 0.354 e. The van der Waals surface area contributed by atoms with Crippen molar-refractivity contribution in [2.75, 3.05) is 13.2 Å². The van der Waals surface area contributed by atoms with Crippen LogP contribution in [0.3, 0.4) is 0 Å². The van der Waals surface area contributed by atoms with E-state index in [0.29, 0.717) is 19.0 Å². The number of hydrogen-bond donors (Lipinski definition) is 1. The molecule has 1 N–H and O–H groups in total. The van der Waals surface area contributed by atoms with Gasteiger partial charge in [-0.2, -0.15) is 0 Å². The highest BCUT2D eigenvalue weighted by Gasteiger charge is 2.16. The fourth-order valence-electron chi connectivity index (χ4n) is 1.59. The third-order valence-electron chi connectivity index (χ3n) is 2.42. The van der Waals surface area contributed by atoms with Gasteiger partial charge in [0.15, 0.2) is 5.69 Å². The highest BCUT2D eigenvalue weighted by molar-refractivity contribution is 5.85. The molecule has 5 heteroatoms. The van der Waals surface area contributed by atoms with Gasteiger partial charge in [-0.05, 0) is 6.07 Å². The average molecular weight is 223 g/mol. The summed E-state index contributed by atoms with van der Waals surface area (Å²) in [5.41, 5.74) is 0.00422. The average Bonchev–Trinajstić information content (AvgIpc) is 2.30. The Bertz CT molecular complexity index is 374. The number of carboxylic acid groups (broad SMARTS) is 1. The molecule has 86 valence electrons. The Hall–Kier alpha value is -1.62. The minimum atomic E-state index is -1.04. The first-order valence-corrected chi connectivity index (χ1v) is 5.19. The Morgan fingerprint density at radius 3 is 2.94 bits per heavy atom. The van der Waals surface area contributed by atoms with Crippen molar-refractivity contribution in [3.8, 4) is 5.75 Å². The molecule has 1 aromatic heterocycles. The van der Waals surface area contributed by atoms with Crippen LogP contribution in [-0.4, -0.2) is 35.4 Å².